The van der Waals surface area contributed by atoms with Gasteiger partial charge in [0.2, 0.25) is 5.78 Å². The summed E-state index contributed by atoms with van der Waals surface area (Å²) < 4.78 is 12.9. The van der Waals surface area contributed by atoms with Crippen LogP contribution in [0.15, 0.2) is 28.7 Å². The molecule has 3 aliphatic rings. The number of aliphatic hydroxyl groups excluding tert-OH is 2. The van der Waals surface area contributed by atoms with E-state index in [0.29, 0.717) is 16.8 Å². The van der Waals surface area contributed by atoms with Crippen molar-refractivity contribution in [3.05, 3.63) is 45.4 Å². The number of phenolic OH excluding ortho intramolecular Hbond substituents is 1. The van der Waals surface area contributed by atoms with Crippen LogP contribution in [-0.2, 0) is 22.6 Å². The van der Waals surface area contributed by atoms with Crippen LogP contribution in [0.25, 0.3) is 0 Å². The second kappa shape index (κ2) is 8.90. The van der Waals surface area contributed by atoms with Crippen molar-refractivity contribution in [2.75, 3.05) is 25.7 Å². The Hall–Kier alpha value is -3.44. The number of amides is 1. The molecule has 1 unspecified atom stereocenters. The summed E-state index contributed by atoms with van der Waals surface area (Å²) in [6.45, 7) is 1.08. The standard InChI is InChI=1S/C25H30FN3O7/c1-10(8-26)28-9-12-6-15(29(2)3)14-5-11-4-13-7-16(30)19(24(27)35)23(34)25(13,36)22(33)17(11)21(32)18(14)20(12)31/h6,10-11,13,28,30-31,33,36H,4-5,7-9H2,1-3H3,(H2,27,35)/t10?,11-,13+,25+/m1/s1. The van der Waals surface area contributed by atoms with Crippen molar-refractivity contribution in [2.24, 2.45) is 17.6 Å². The smallest absolute Gasteiger partial charge is 0.255 e. The molecular formula is C25H30FN3O7. The number of aliphatic hydroxyl groups is 3. The summed E-state index contributed by atoms with van der Waals surface area (Å²) in [4.78, 5) is 40.3. The Labute approximate surface area is 206 Å². The van der Waals surface area contributed by atoms with Crippen molar-refractivity contribution in [1.82, 2.24) is 5.32 Å². The number of allylic oxidation sites excluding steroid dienone is 2. The molecule has 4 rings (SSSR count). The molecule has 0 bridgehead atoms. The zero-order valence-electron chi connectivity index (χ0n) is 20.3. The maximum Gasteiger partial charge on any atom is 0.255 e. The first-order valence-electron chi connectivity index (χ1n) is 11.7. The molecule has 1 amide bonds. The number of rotatable bonds is 6. The number of nitrogens with two attached hydrogens (primary N) is 1. The van der Waals surface area contributed by atoms with E-state index < -0.39 is 64.7 Å². The Morgan fingerprint density at radius 3 is 2.53 bits per heavy atom. The second-order valence-electron chi connectivity index (χ2n) is 10.00. The Bertz CT molecular complexity index is 1240. The minimum absolute atomic E-state index is 0.0634. The van der Waals surface area contributed by atoms with E-state index in [-0.39, 0.29) is 42.7 Å². The fourth-order valence-corrected chi connectivity index (χ4v) is 5.59. The van der Waals surface area contributed by atoms with Crippen LogP contribution in [0.2, 0.25) is 0 Å². The van der Waals surface area contributed by atoms with Gasteiger partial charge in [0.05, 0.1) is 5.56 Å². The van der Waals surface area contributed by atoms with E-state index in [0.717, 1.165) is 0 Å². The van der Waals surface area contributed by atoms with Gasteiger partial charge in [0.1, 0.15) is 29.5 Å². The third-order valence-electron chi connectivity index (χ3n) is 7.47. The van der Waals surface area contributed by atoms with Gasteiger partial charge in [0, 0.05) is 55.8 Å². The molecule has 3 aliphatic carbocycles. The Kier molecular flexibility index (Phi) is 6.34. The van der Waals surface area contributed by atoms with E-state index in [9.17, 15) is 39.2 Å². The highest BCUT2D eigenvalue weighted by Gasteiger charge is 2.59. The molecular weight excluding hydrogens is 473 g/mol. The fourth-order valence-electron chi connectivity index (χ4n) is 5.59. The van der Waals surface area contributed by atoms with E-state index in [1.54, 1.807) is 32.0 Å². The molecule has 0 aromatic heterocycles. The van der Waals surface area contributed by atoms with Crippen molar-refractivity contribution in [3.63, 3.8) is 0 Å². The van der Waals surface area contributed by atoms with Gasteiger partial charge in [-0.3, -0.25) is 14.4 Å². The largest absolute Gasteiger partial charge is 0.511 e. The molecule has 4 atom stereocenters. The molecule has 194 valence electrons. The number of hydrogen-bond donors (Lipinski definition) is 6. The summed E-state index contributed by atoms with van der Waals surface area (Å²) in [6, 6.07) is 1.23. The number of nitrogens with one attached hydrogen (secondary N) is 1. The van der Waals surface area contributed by atoms with E-state index >= 15 is 0 Å². The average Bonchev–Trinajstić information content (AvgIpc) is 2.80. The molecule has 0 saturated heterocycles. The third-order valence-corrected chi connectivity index (χ3v) is 7.47. The molecule has 10 nitrogen and oxygen atoms in total. The van der Waals surface area contributed by atoms with Crippen LogP contribution in [0, 0.1) is 11.8 Å². The molecule has 1 aromatic rings. The quantitative estimate of drug-likeness (QED) is 0.311. The zero-order chi connectivity index (χ0) is 26.7. The molecule has 0 saturated carbocycles. The van der Waals surface area contributed by atoms with Crippen LogP contribution in [0.3, 0.4) is 0 Å². The van der Waals surface area contributed by atoms with Crippen molar-refractivity contribution < 1.29 is 39.2 Å². The number of ketones is 2. The number of benzene rings is 1. The number of alkyl halides is 1. The molecule has 0 fully saturated rings. The van der Waals surface area contributed by atoms with Crippen LogP contribution < -0.4 is 16.0 Å². The summed E-state index contributed by atoms with van der Waals surface area (Å²) in [5, 5.41) is 46.7. The summed E-state index contributed by atoms with van der Waals surface area (Å²) in [6.07, 6.45) is -0.00350. The lowest BCUT2D eigenvalue weighted by Crippen LogP contribution is -2.57. The minimum atomic E-state index is -2.61. The number of aromatic hydroxyl groups is 1. The number of anilines is 1. The van der Waals surface area contributed by atoms with Gasteiger partial charge in [-0.05, 0) is 37.3 Å². The van der Waals surface area contributed by atoms with Crippen molar-refractivity contribution in [2.45, 2.75) is 44.4 Å². The Morgan fingerprint density at radius 2 is 1.94 bits per heavy atom. The predicted molar refractivity (Wildman–Crippen MR) is 127 cm³/mol. The summed E-state index contributed by atoms with van der Waals surface area (Å²) in [5.41, 5.74) is 3.05. The van der Waals surface area contributed by atoms with Crippen molar-refractivity contribution in [3.8, 4) is 5.75 Å². The van der Waals surface area contributed by atoms with Gasteiger partial charge >= 0.3 is 0 Å². The minimum Gasteiger partial charge on any atom is -0.511 e. The SMILES string of the molecule is CC(CF)NCc1cc(N(C)C)c2c(c1O)C(=O)C1=C(O)[C@]3(O)C(=O)C(C(N)=O)=C(O)C[C@@H]3C[C@@H]1C2. The van der Waals surface area contributed by atoms with Gasteiger partial charge in [-0.1, -0.05) is 0 Å². The van der Waals surface area contributed by atoms with Gasteiger partial charge in [-0.2, -0.15) is 0 Å². The van der Waals surface area contributed by atoms with Crippen LogP contribution in [0.5, 0.6) is 5.75 Å². The number of fused-ring (bicyclic) bond motifs is 3. The number of phenols is 1. The number of carbonyl (C=O) groups excluding carboxylic acids is 3. The Morgan fingerprint density at radius 1 is 1.28 bits per heavy atom. The molecule has 36 heavy (non-hydrogen) atoms. The monoisotopic (exact) mass is 503 g/mol. The highest BCUT2D eigenvalue weighted by Crippen LogP contribution is 2.52. The fraction of sp³-hybridized carbons (Fsp3) is 0.480. The number of primary amides is 1. The zero-order valence-corrected chi connectivity index (χ0v) is 20.3. The molecule has 11 heteroatoms. The summed E-state index contributed by atoms with van der Waals surface area (Å²) in [7, 11) is 3.55. The van der Waals surface area contributed by atoms with Crippen LogP contribution in [-0.4, -0.2) is 70.3 Å². The van der Waals surface area contributed by atoms with Crippen molar-refractivity contribution >= 4 is 23.2 Å². The molecule has 0 aliphatic heterocycles. The van der Waals surface area contributed by atoms with E-state index in [2.05, 4.69) is 5.32 Å². The lowest BCUT2D eigenvalue weighted by atomic mass is 9.60. The number of halogens is 1. The maximum absolute atomic E-state index is 13.8. The first-order chi connectivity index (χ1) is 16.8. The van der Waals surface area contributed by atoms with Gasteiger partial charge in [-0.25, -0.2) is 4.39 Å². The number of carbonyl (C=O) groups is 3. The summed E-state index contributed by atoms with van der Waals surface area (Å²) in [5.74, 6) is -6.66. The maximum atomic E-state index is 13.8. The summed E-state index contributed by atoms with van der Waals surface area (Å²) >= 11 is 0. The van der Waals surface area contributed by atoms with Gasteiger partial charge in [0.15, 0.2) is 11.4 Å². The van der Waals surface area contributed by atoms with E-state index in [1.807, 2.05) is 0 Å². The third kappa shape index (κ3) is 3.65. The Balaban J connectivity index is 1.87. The number of hydrogen-bond acceptors (Lipinski definition) is 9. The first kappa shape index (κ1) is 25.6. The van der Waals surface area contributed by atoms with Crippen LogP contribution >= 0.6 is 0 Å². The van der Waals surface area contributed by atoms with Gasteiger partial charge < -0.3 is 36.4 Å². The molecule has 1 aromatic carbocycles. The van der Waals surface area contributed by atoms with E-state index in [4.69, 9.17) is 5.73 Å². The van der Waals surface area contributed by atoms with Crippen LogP contribution in [0.4, 0.5) is 10.1 Å². The number of Topliss-reactive ketones (excluding diaryl/α,β-unsaturated/α-hetero) is 2. The molecule has 0 radical (unpaired) electrons. The van der Waals surface area contributed by atoms with Gasteiger partial charge in [0.25, 0.3) is 5.91 Å². The molecule has 7 N–H and O–H groups in total. The highest BCUT2D eigenvalue weighted by molar-refractivity contribution is 6.24. The van der Waals surface area contributed by atoms with E-state index in [1.165, 1.54) is 0 Å². The lowest BCUT2D eigenvalue weighted by Gasteiger charge is -2.46. The normalized spacial score (nSPS) is 26.4. The van der Waals surface area contributed by atoms with Crippen LogP contribution in [0.1, 0.15) is 41.3 Å². The number of nitrogens with zero attached hydrogens (tertiary/aromatic N) is 1. The predicted octanol–water partition coefficient (Wildman–Crippen LogP) is 1.09. The first-order valence-corrected chi connectivity index (χ1v) is 11.7. The highest BCUT2D eigenvalue weighted by atomic mass is 19.1. The topological polar surface area (TPSA) is 173 Å². The van der Waals surface area contributed by atoms with Crippen molar-refractivity contribution in [1.29, 1.82) is 0 Å². The lowest BCUT2D eigenvalue weighted by molar-refractivity contribution is -0.144. The average molecular weight is 504 g/mol. The second-order valence-corrected chi connectivity index (χ2v) is 10.00. The molecule has 0 heterocycles. The molecule has 0 spiro atoms. The van der Waals surface area contributed by atoms with Gasteiger partial charge in [-0.15, -0.1) is 0 Å².